The number of carboxylic acids is 1. The summed E-state index contributed by atoms with van der Waals surface area (Å²) >= 11 is 0. The van der Waals surface area contributed by atoms with E-state index in [0.29, 0.717) is 5.56 Å². The molecule has 0 radical (unpaired) electrons. The van der Waals surface area contributed by atoms with Crippen molar-refractivity contribution in [2.24, 2.45) is 0 Å². The van der Waals surface area contributed by atoms with Crippen LogP contribution in [0.2, 0.25) is 0 Å². The third-order valence-corrected chi connectivity index (χ3v) is 3.64. The Hall–Kier alpha value is -1.46. The Morgan fingerprint density at radius 2 is 1.84 bits per heavy atom. The lowest BCUT2D eigenvalue weighted by atomic mass is 10.0. The Morgan fingerprint density at radius 1 is 1.26 bits per heavy atom. The summed E-state index contributed by atoms with van der Waals surface area (Å²) in [5.74, 6) is -1.22. The minimum absolute atomic E-state index is 0.344. The summed E-state index contributed by atoms with van der Waals surface area (Å²) < 4.78 is 12.9. The molecule has 1 fully saturated rings. The quantitative estimate of drug-likeness (QED) is 0.899. The SMILES string of the molecule is CCN1CCN(C(C(=O)O)c2ccc(F)cc2)CC1. The molecule has 1 atom stereocenters. The van der Waals surface area contributed by atoms with E-state index in [9.17, 15) is 14.3 Å². The largest absolute Gasteiger partial charge is 0.480 e. The molecule has 0 saturated carbocycles. The van der Waals surface area contributed by atoms with E-state index < -0.39 is 12.0 Å². The van der Waals surface area contributed by atoms with Crippen LogP contribution in [0.5, 0.6) is 0 Å². The fourth-order valence-corrected chi connectivity index (χ4v) is 2.49. The van der Waals surface area contributed by atoms with Gasteiger partial charge in [-0.1, -0.05) is 19.1 Å². The van der Waals surface area contributed by atoms with Gasteiger partial charge in [0, 0.05) is 26.2 Å². The first kappa shape index (κ1) is 14.0. The Bertz CT molecular complexity index is 428. The molecule has 1 N–H and O–H groups in total. The number of benzene rings is 1. The predicted molar refractivity (Wildman–Crippen MR) is 70.5 cm³/mol. The Labute approximate surface area is 112 Å². The topological polar surface area (TPSA) is 43.8 Å². The fourth-order valence-electron chi connectivity index (χ4n) is 2.49. The number of hydrogen-bond acceptors (Lipinski definition) is 3. The zero-order valence-corrected chi connectivity index (χ0v) is 11.1. The lowest BCUT2D eigenvalue weighted by molar-refractivity contribution is -0.144. The molecule has 1 aromatic rings. The van der Waals surface area contributed by atoms with Gasteiger partial charge >= 0.3 is 5.97 Å². The second-order valence-electron chi connectivity index (χ2n) is 4.76. The number of carbonyl (C=O) groups is 1. The second kappa shape index (κ2) is 6.12. The second-order valence-corrected chi connectivity index (χ2v) is 4.76. The van der Waals surface area contributed by atoms with E-state index in [1.807, 2.05) is 4.90 Å². The van der Waals surface area contributed by atoms with Crippen molar-refractivity contribution in [3.05, 3.63) is 35.6 Å². The molecular weight excluding hydrogens is 247 g/mol. The van der Waals surface area contributed by atoms with Gasteiger partial charge in [-0.05, 0) is 24.2 Å². The highest BCUT2D eigenvalue weighted by Gasteiger charge is 2.29. The molecule has 1 heterocycles. The van der Waals surface area contributed by atoms with Crippen molar-refractivity contribution < 1.29 is 14.3 Å². The molecule has 2 rings (SSSR count). The van der Waals surface area contributed by atoms with Crippen molar-refractivity contribution in [2.75, 3.05) is 32.7 Å². The van der Waals surface area contributed by atoms with Gasteiger partial charge < -0.3 is 10.0 Å². The first-order valence-electron chi connectivity index (χ1n) is 6.56. The number of nitrogens with zero attached hydrogens (tertiary/aromatic N) is 2. The van der Waals surface area contributed by atoms with Crippen LogP contribution in [0.15, 0.2) is 24.3 Å². The van der Waals surface area contributed by atoms with Crippen LogP contribution in [0.3, 0.4) is 0 Å². The molecule has 0 aromatic heterocycles. The van der Waals surface area contributed by atoms with E-state index in [1.54, 1.807) is 12.1 Å². The monoisotopic (exact) mass is 266 g/mol. The van der Waals surface area contributed by atoms with Gasteiger partial charge in [-0.25, -0.2) is 4.39 Å². The van der Waals surface area contributed by atoms with E-state index in [2.05, 4.69) is 11.8 Å². The molecule has 0 bridgehead atoms. The Morgan fingerprint density at radius 3 is 2.32 bits per heavy atom. The first-order chi connectivity index (χ1) is 9.11. The van der Waals surface area contributed by atoms with Crippen LogP contribution in [0.25, 0.3) is 0 Å². The number of halogens is 1. The van der Waals surface area contributed by atoms with Crippen LogP contribution in [-0.2, 0) is 4.79 Å². The molecule has 5 heteroatoms. The maximum Gasteiger partial charge on any atom is 0.325 e. The molecule has 19 heavy (non-hydrogen) atoms. The van der Waals surface area contributed by atoms with Gasteiger partial charge in [0.05, 0.1) is 0 Å². The summed E-state index contributed by atoms with van der Waals surface area (Å²) in [5, 5.41) is 9.42. The van der Waals surface area contributed by atoms with Gasteiger partial charge in [-0.2, -0.15) is 0 Å². The van der Waals surface area contributed by atoms with Crippen molar-refractivity contribution in [3.8, 4) is 0 Å². The Kier molecular flexibility index (Phi) is 4.50. The highest BCUT2D eigenvalue weighted by atomic mass is 19.1. The summed E-state index contributed by atoms with van der Waals surface area (Å²) in [6.45, 7) is 6.29. The van der Waals surface area contributed by atoms with Crippen molar-refractivity contribution in [2.45, 2.75) is 13.0 Å². The molecule has 0 aliphatic carbocycles. The van der Waals surface area contributed by atoms with Gasteiger partial charge in [0.1, 0.15) is 11.9 Å². The maximum absolute atomic E-state index is 12.9. The zero-order valence-electron chi connectivity index (χ0n) is 11.1. The first-order valence-corrected chi connectivity index (χ1v) is 6.56. The number of likely N-dealkylation sites (N-methyl/N-ethyl adjacent to an activating group) is 1. The predicted octanol–water partition coefficient (Wildman–Crippen LogP) is 1.59. The molecule has 0 amide bonds. The molecule has 1 aliphatic rings. The zero-order chi connectivity index (χ0) is 13.8. The molecular formula is C14H19FN2O2. The molecule has 4 nitrogen and oxygen atoms in total. The third kappa shape index (κ3) is 3.30. The minimum Gasteiger partial charge on any atom is -0.480 e. The van der Waals surface area contributed by atoms with Crippen molar-refractivity contribution >= 4 is 5.97 Å². The fraction of sp³-hybridized carbons (Fsp3) is 0.500. The van der Waals surface area contributed by atoms with Crippen molar-refractivity contribution in [3.63, 3.8) is 0 Å². The number of aliphatic carboxylic acids is 1. The van der Waals surface area contributed by atoms with E-state index in [-0.39, 0.29) is 5.82 Å². The molecule has 0 spiro atoms. The molecule has 1 aromatic carbocycles. The van der Waals surface area contributed by atoms with Crippen LogP contribution >= 0.6 is 0 Å². The molecule has 104 valence electrons. The highest BCUT2D eigenvalue weighted by molar-refractivity contribution is 5.75. The third-order valence-electron chi connectivity index (χ3n) is 3.64. The van der Waals surface area contributed by atoms with E-state index in [0.717, 1.165) is 32.7 Å². The highest BCUT2D eigenvalue weighted by Crippen LogP contribution is 2.22. The van der Waals surface area contributed by atoms with Crippen LogP contribution in [-0.4, -0.2) is 53.6 Å². The number of rotatable bonds is 4. The van der Waals surface area contributed by atoms with Gasteiger partial charge in [0.25, 0.3) is 0 Å². The van der Waals surface area contributed by atoms with E-state index >= 15 is 0 Å². The van der Waals surface area contributed by atoms with Crippen LogP contribution in [0, 0.1) is 5.82 Å². The summed E-state index contributed by atoms with van der Waals surface area (Å²) in [6, 6.07) is 5.06. The summed E-state index contributed by atoms with van der Waals surface area (Å²) in [4.78, 5) is 15.7. The summed E-state index contributed by atoms with van der Waals surface area (Å²) in [6.07, 6.45) is 0. The van der Waals surface area contributed by atoms with E-state index in [4.69, 9.17) is 0 Å². The number of piperazine rings is 1. The Balaban J connectivity index is 2.13. The van der Waals surface area contributed by atoms with Crippen molar-refractivity contribution in [1.29, 1.82) is 0 Å². The van der Waals surface area contributed by atoms with E-state index in [1.165, 1.54) is 12.1 Å². The average Bonchev–Trinajstić information content (AvgIpc) is 2.42. The van der Waals surface area contributed by atoms with Crippen LogP contribution < -0.4 is 0 Å². The van der Waals surface area contributed by atoms with Crippen molar-refractivity contribution in [1.82, 2.24) is 9.80 Å². The molecule has 1 aliphatic heterocycles. The van der Waals surface area contributed by atoms with Crippen LogP contribution in [0.1, 0.15) is 18.5 Å². The average molecular weight is 266 g/mol. The maximum atomic E-state index is 12.9. The lowest BCUT2D eigenvalue weighted by Crippen LogP contribution is -2.49. The van der Waals surface area contributed by atoms with Crippen LogP contribution in [0.4, 0.5) is 4.39 Å². The summed E-state index contributed by atoms with van der Waals surface area (Å²) in [7, 11) is 0. The number of carboxylic acid groups (broad SMARTS) is 1. The van der Waals surface area contributed by atoms with Gasteiger partial charge in [0.15, 0.2) is 0 Å². The standard InChI is InChI=1S/C14H19FN2O2/c1-2-16-7-9-17(10-8-16)13(14(18)19)11-3-5-12(15)6-4-11/h3-6,13H,2,7-10H2,1H3,(H,18,19). The van der Waals surface area contributed by atoms with Gasteiger partial charge in [-0.3, -0.25) is 9.69 Å². The van der Waals surface area contributed by atoms with Gasteiger partial charge in [0.2, 0.25) is 0 Å². The smallest absolute Gasteiger partial charge is 0.325 e. The summed E-state index contributed by atoms with van der Waals surface area (Å²) in [5.41, 5.74) is 0.638. The molecule has 1 saturated heterocycles. The molecule has 1 unspecified atom stereocenters. The normalized spacial score (nSPS) is 19.3. The minimum atomic E-state index is -0.878. The lowest BCUT2D eigenvalue weighted by Gasteiger charge is -2.37. The number of hydrogen-bond donors (Lipinski definition) is 1. The van der Waals surface area contributed by atoms with Gasteiger partial charge in [-0.15, -0.1) is 0 Å².